The Hall–Kier alpha value is -1.43. The van der Waals surface area contributed by atoms with Crippen molar-refractivity contribution in [3.63, 3.8) is 0 Å². The Morgan fingerprint density at radius 3 is 2.26 bits per heavy atom. The smallest absolute Gasteiger partial charge is 0.328 e. The van der Waals surface area contributed by atoms with Gasteiger partial charge in [-0.2, -0.15) is 0 Å². The van der Waals surface area contributed by atoms with Gasteiger partial charge in [0.05, 0.1) is 7.11 Å². The van der Waals surface area contributed by atoms with Crippen molar-refractivity contribution in [3.05, 3.63) is 0 Å². The molecule has 0 aliphatic carbocycles. The second-order valence-corrected chi connectivity index (χ2v) is 4.97. The number of ketones is 1. The number of hydrogen-bond donors (Lipinski definition) is 2. The number of nitrogens with one attached hydrogen (secondary N) is 1. The first kappa shape index (κ1) is 17.6. The predicted octanol–water partition coefficient (Wildman–Crippen LogP) is 0.420. The van der Waals surface area contributed by atoms with Gasteiger partial charge in [-0.3, -0.25) is 4.79 Å². The minimum Gasteiger partial charge on any atom is -0.467 e. The molecule has 0 saturated heterocycles. The van der Waals surface area contributed by atoms with E-state index in [1.165, 1.54) is 14.0 Å². The number of carbonyl (C=O) groups is 3. The summed E-state index contributed by atoms with van der Waals surface area (Å²) in [6, 6.07) is -0.900. The van der Waals surface area contributed by atoms with Gasteiger partial charge in [0.25, 0.3) is 0 Å². The number of hydrogen-bond acceptors (Lipinski definition) is 5. The largest absolute Gasteiger partial charge is 0.467 e. The van der Waals surface area contributed by atoms with Crippen LogP contribution in [0.4, 0.5) is 0 Å². The number of esters is 1. The van der Waals surface area contributed by atoms with E-state index < -0.39 is 24.0 Å². The number of ether oxygens (including phenoxy) is 1. The molecular formula is C13H23NO5. The summed E-state index contributed by atoms with van der Waals surface area (Å²) in [7, 11) is 1.21. The van der Waals surface area contributed by atoms with Gasteiger partial charge < -0.3 is 20.0 Å². The third-order valence-corrected chi connectivity index (χ3v) is 2.58. The second-order valence-electron chi connectivity index (χ2n) is 4.97. The summed E-state index contributed by atoms with van der Waals surface area (Å²) in [5.41, 5.74) is 0. The van der Waals surface area contributed by atoms with Crippen molar-refractivity contribution in [2.75, 3.05) is 7.11 Å². The van der Waals surface area contributed by atoms with E-state index >= 15 is 0 Å². The average Bonchev–Trinajstić information content (AvgIpc) is 2.31. The van der Waals surface area contributed by atoms with Crippen LogP contribution in [0.15, 0.2) is 0 Å². The summed E-state index contributed by atoms with van der Waals surface area (Å²) < 4.78 is 4.56. The topological polar surface area (TPSA) is 92.7 Å². The third kappa shape index (κ3) is 7.56. The number of aliphatic hydroxyl groups excluding tert-OH is 1. The van der Waals surface area contributed by atoms with Gasteiger partial charge in [0.1, 0.15) is 17.9 Å². The zero-order valence-electron chi connectivity index (χ0n) is 11.9. The minimum atomic E-state index is -1.16. The quantitative estimate of drug-likeness (QED) is 0.625. The summed E-state index contributed by atoms with van der Waals surface area (Å²) in [6.45, 7) is 5.16. The van der Waals surface area contributed by atoms with E-state index in [0.717, 1.165) is 0 Å². The first-order valence-electron chi connectivity index (χ1n) is 6.33. The fourth-order valence-electron chi connectivity index (χ4n) is 1.56. The van der Waals surface area contributed by atoms with Gasteiger partial charge in [0.15, 0.2) is 0 Å². The van der Waals surface area contributed by atoms with Crippen LogP contribution in [0.5, 0.6) is 0 Å². The standard InChI is InChI=1S/C13H23NO5/c1-8(2)7-11(16)12(17)14-10(13(18)19-4)6-5-9(3)15/h8,10-11,16H,5-7H2,1-4H3,(H,14,17)/t10-,11+/m1/s1. The van der Waals surface area contributed by atoms with Gasteiger partial charge in [0, 0.05) is 6.42 Å². The van der Waals surface area contributed by atoms with Crippen LogP contribution in [0.3, 0.4) is 0 Å². The van der Waals surface area contributed by atoms with Crippen molar-refractivity contribution in [2.45, 2.75) is 52.2 Å². The molecule has 0 aromatic rings. The van der Waals surface area contributed by atoms with Crippen LogP contribution in [0.2, 0.25) is 0 Å². The summed E-state index contributed by atoms with van der Waals surface area (Å²) in [5.74, 6) is -1.15. The lowest BCUT2D eigenvalue weighted by Crippen LogP contribution is -2.46. The molecule has 110 valence electrons. The molecule has 2 N–H and O–H groups in total. The van der Waals surface area contributed by atoms with Gasteiger partial charge >= 0.3 is 5.97 Å². The average molecular weight is 273 g/mol. The van der Waals surface area contributed by atoms with E-state index in [9.17, 15) is 19.5 Å². The first-order valence-corrected chi connectivity index (χ1v) is 6.33. The molecule has 0 aromatic carbocycles. The van der Waals surface area contributed by atoms with Crippen molar-refractivity contribution in [2.24, 2.45) is 5.92 Å². The molecule has 0 heterocycles. The van der Waals surface area contributed by atoms with Crippen LogP contribution < -0.4 is 5.32 Å². The van der Waals surface area contributed by atoms with Crippen LogP contribution in [0.25, 0.3) is 0 Å². The van der Waals surface area contributed by atoms with E-state index in [-0.39, 0.29) is 24.5 Å². The van der Waals surface area contributed by atoms with Gasteiger partial charge in [-0.25, -0.2) is 4.79 Å². The zero-order valence-corrected chi connectivity index (χ0v) is 11.9. The minimum absolute atomic E-state index is 0.0779. The molecule has 2 atom stereocenters. The molecular weight excluding hydrogens is 250 g/mol. The molecule has 1 amide bonds. The highest BCUT2D eigenvalue weighted by Gasteiger charge is 2.25. The normalized spacial score (nSPS) is 13.8. The maximum Gasteiger partial charge on any atom is 0.328 e. The monoisotopic (exact) mass is 273 g/mol. The summed E-state index contributed by atoms with van der Waals surface area (Å²) >= 11 is 0. The Balaban J connectivity index is 4.49. The molecule has 0 aromatic heterocycles. The Morgan fingerprint density at radius 1 is 1.26 bits per heavy atom. The first-order chi connectivity index (χ1) is 8.77. The van der Waals surface area contributed by atoms with Crippen molar-refractivity contribution < 1.29 is 24.2 Å². The van der Waals surface area contributed by atoms with Crippen LogP contribution in [-0.4, -0.2) is 42.0 Å². The molecule has 0 radical (unpaired) electrons. The maximum atomic E-state index is 11.7. The van der Waals surface area contributed by atoms with Gasteiger partial charge in [-0.1, -0.05) is 13.8 Å². The van der Waals surface area contributed by atoms with Gasteiger partial charge in [-0.15, -0.1) is 0 Å². The molecule has 0 aliphatic rings. The third-order valence-electron chi connectivity index (χ3n) is 2.58. The Labute approximate surface area is 113 Å². The van der Waals surface area contributed by atoms with Crippen LogP contribution in [-0.2, 0) is 19.1 Å². The number of Topliss-reactive ketones (excluding diaryl/α,β-unsaturated/α-hetero) is 1. The number of rotatable bonds is 8. The van der Waals surface area contributed by atoms with Crippen LogP contribution in [0.1, 0.15) is 40.0 Å². The van der Waals surface area contributed by atoms with Crippen LogP contribution in [0, 0.1) is 5.92 Å². The molecule has 0 rings (SSSR count). The number of aliphatic hydroxyl groups is 1. The highest BCUT2D eigenvalue weighted by molar-refractivity contribution is 5.87. The molecule has 0 fully saturated rings. The molecule has 6 nitrogen and oxygen atoms in total. The van der Waals surface area contributed by atoms with E-state index in [2.05, 4.69) is 10.1 Å². The number of methoxy groups -OCH3 is 1. The Kier molecular flexibility index (Phi) is 7.98. The summed E-state index contributed by atoms with van der Waals surface area (Å²) in [4.78, 5) is 34.1. The lowest BCUT2D eigenvalue weighted by Gasteiger charge is -2.19. The lowest BCUT2D eigenvalue weighted by molar-refractivity contribution is -0.146. The molecule has 0 bridgehead atoms. The SMILES string of the molecule is COC(=O)[C@@H](CCC(C)=O)NC(=O)[C@@H](O)CC(C)C. The zero-order chi connectivity index (χ0) is 15.0. The fraction of sp³-hybridized carbons (Fsp3) is 0.769. The maximum absolute atomic E-state index is 11.7. The molecule has 19 heavy (non-hydrogen) atoms. The highest BCUT2D eigenvalue weighted by Crippen LogP contribution is 2.06. The van der Waals surface area contributed by atoms with E-state index in [4.69, 9.17) is 0 Å². The molecule has 6 heteroatoms. The summed E-state index contributed by atoms with van der Waals surface area (Å²) in [5, 5.41) is 12.1. The molecule has 0 aliphatic heterocycles. The summed E-state index contributed by atoms with van der Waals surface area (Å²) in [6.07, 6.45) is -0.515. The van der Waals surface area contributed by atoms with Crippen molar-refractivity contribution in [1.82, 2.24) is 5.32 Å². The van der Waals surface area contributed by atoms with Crippen molar-refractivity contribution >= 4 is 17.7 Å². The van der Waals surface area contributed by atoms with Crippen molar-refractivity contribution in [1.29, 1.82) is 0 Å². The van der Waals surface area contributed by atoms with Gasteiger partial charge in [0.2, 0.25) is 5.91 Å². The predicted molar refractivity (Wildman–Crippen MR) is 69.3 cm³/mol. The number of carbonyl (C=O) groups excluding carboxylic acids is 3. The Bertz CT molecular complexity index is 327. The van der Waals surface area contributed by atoms with E-state index in [1.54, 1.807) is 0 Å². The molecule has 0 unspecified atom stereocenters. The highest BCUT2D eigenvalue weighted by atomic mass is 16.5. The molecule has 0 saturated carbocycles. The lowest BCUT2D eigenvalue weighted by atomic mass is 10.0. The number of amides is 1. The second kappa shape index (κ2) is 8.63. The van der Waals surface area contributed by atoms with Gasteiger partial charge in [-0.05, 0) is 25.7 Å². The van der Waals surface area contributed by atoms with Crippen molar-refractivity contribution in [3.8, 4) is 0 Å². The Morgan fingerprint density at radius 2 is 1.84 bits per heavy atom. The van der Waals surface area contributed by atoms with E-state index in [1.807, 2.05) is 13.8 Å². The molecule has 0 spiro atoms. The van der Waals surface area contributed by atoms with E-state index in [0.29, 0.717) is 6.42 Å². The fourth-order valence-corrected chi connectivity index (χ4v) is 1.56. The van der Waals surface area contributed by atoms with Crippen LogP contribution >= 0.6 is 0 Å².